The second kappa shape index (κ2) is 5.48. The number of hydrogen-bond donors (Lipinski definition) is 0. The number of carbonyl (C=O) groups excluding carboxylic acids is 1. The zero-order valence-electron chi connectivity index (χ0n) is 10.3. The predicted octanol–water partition coefficient (Wildman–Crippen LogP) is 2.15. The van der Waals surface area contributed by atoms with Crippen molar-refractivity contribution in [3.63, 3.8) is 0 Å². The smallest absolute Gasteiger partial charge is 0.215 e. The molecule has 1 fully saturated rings. The molecule has 0 radical (unpaired) electrons. The van der Waals surface area contributed by atoms with Crippen LogP contribution in [0.2, 0.25) is 0 Å². The second-order valence-electron chi connectivity index (χ2n) is 4.49. The first-order chi connectivity index (χ1) is 9.36. The summed E-state index contributed by atoms with van der Waals surface area (Å²) in [6.07, 6.45) is 7.08. The highest BCUT2D eigenvalue weighted by molar-refractivity contribution is 7.99. The highest BCUT2D eigenvalue weighted by Crippen LogP contribution is 2.33. The molecule has 0 spiro atoms. The van der Waals surface area contributed by atoms with Gasteiger partial charge >= 0.3 is 0 Å². The van der Waals surface area contributed by atoms with Crippen LogP contribution in [0, 0.1) is 0 Å². The molecule has 0 unspecified atom stereocenters. The van der Waals surface area contributed by atoms with Crippen LogP contribution in [-0.4, -0.2) is 31.5 Å². The normalized spacial score (nSPS) is 15.8. The molecule has 0 aromatic carbocycles. The van der Waals surface area contributed by atoms with Crippen molar-refractivity contribution in [3.8, 4) is 0 Å². The van der Waals surface area contributed by atoms with Crippen molar-refractivity contribution < 1.29 is 4.79 Å². The van der Waals surface area contributed by atoms with Crippen LogP contribution in [0.25, 0.3) is 0 Å². The highest BCUT2D eigenvalue weighted by Gasteiger charge is 2.22. The summed E-state index contributed by atoms with van der Waals surface area (Å²) >= 11 is 1.43. The van der Waals surface area contributed by atoms with Gasteiger partial charge in [-0.15, -0.1) is 5.10 Å². The molecule has 98 valence electrons. The monoisotopic (exact) mass is 275 g/mol. The van der Waals surface area contributed by atoms with E-state index in [1.807, 2.05) is 10.7 Å². The van der Waals surface area contributed by atoms with Crippen LogP contribution in [-0.2, 0) is 0 Å². The Hall–Kier alpha value is -1.76. The average Bonchev–Trinajstić information content (AvgIpc) is 3.10. The molecule has 2 heterocycles. The van der Waals surface area contributed by atoms with Crippen molar-refractivity contribution >= 4 is 18.0 Å². The maximum Gasteiger partial charge on any atom is 0.215 e. The van der Waals surface area contributed by atoms with Gasteiger partial charge in [0.25, 0.3) is 0 Å². The van der Waals surface area contributed by atoms with E-state index in [0.717, 1.165) is 29.3 Å². The van der Waals surface area contributed by atoms with Gasteiger partial charge in [0.1, 0.15) is 5.03 Å². The van der Waals surface area contributed by atoms with Gasteiger partial charge in [-0.05, 0) is 47.2 Å². The fraction of sp³-hybridized carbons (Fsp3) is 0.417. The molecule has 0 aliphatic heterocycles. The number of hydrogen-bond acceptors (Lipinski definition) is 6. The molecule has 1 aliphatic carbocycles. The van der Waals surface area contributed by atoms with E-state index in [0.29, 0.717) is 11.6 Å². The van der Waals surface area contributed by atoms with Gasteiger partial charge in [-0.3, -0.25) is 4.79 Å². The standard InChI is InChI=1S/C12H13N5OS/c18-8-9-5-6-11(13-7-9)19-12-14-15-16-17(12)10-3-1-2-4-10/h5-8,10H,1-4H2. The topological polar surface area (TPSA) is 73.6 Å². The van der Waals surface area contributed by atoms with Gasteiger partial charge in [0.05, 0.1) is 6.04 Å². The number of nitrogens with zero attached hydrogens (tertiary/aromatic N) is 5. The van der Waals surface area contributed by atoms with Crippen molar-refractivity contribution in [3.05, 3.63) is 23.9 Å². The Morgan fingerprint density at radius 3 is 2.84 bits per heavy atom. The van der Waals surface area contributed by atoms with Gasteiger partial charge < -0.3 is 0 Å². The van der Waals surface area contributed by atoms with Gasteiger partial charge in [-0.1, -0.05) is 12.8 Å². The van der Waals surface area contributed by atoms with Crippen LogP contribution < -0.4 is 0 Å². The summed E-state index contributed by atoms with van der Waals surface area (Å²) in [7, 11) is 0. The number of aldehydes is 1. The van der Waals surface area contributed by atoms with Crippen molar-refractivity contribution in [2.75, 3.05) is 0 Å². The fourth-order valence-corrected chi connectivity index (χ4v) is 3.03. The second-order valence-corrected chi connectivity index (χ2v) is 5.48. The fourth-order valence-electron chi connectivity index (χ4n) is 2.25. The number of carbonyl (C=O) groups is 1. The summed E-state index contributed by atoms with van der Waals surface area (Å²) in [5, 5.41) is 13.4. The first-order valence-corrected chi connectivity index (χ1v) is 7.05. The van der Waals surface area contributed by atoms with E-state index in [2.05, 4.69) is 20.5 Å². The van der Waals surface area contributed by atoms with E-state index >= 15 is 0 Å². The SMILES string of the molecule is O=Cc1ccc(Sc2nnnn2C2CCCC2)nc1. The lowest BCUT2D eigenvalue weighted by atomic mass is 10.3. The third-order valence-electron chi connectivity index (χ3n) is 3.22. The molecular weight excluding hydrogens is 262 g/mol. The molecule has 0 saturated heterocycles. The quantitative estimate of drug-likeness (QED) is 0.796. The Kier molecular flexibility index (Phi) is 3.54. The summed E-state index contributed by atoms with van der Waals surface area (Å²) in [5.41, 5.74) is 0.569. The average molecular weight is 275 g/mol. The van der Waals surface area contributed by atoms with Crippen LogP contribution >= 0.6 is 11.8 Å². The lowest BCUT2D eigenvalue weighted by molar-refractivity contribution is 0.112. The Labute approximate surface area is 114 Å². The summed E-state index contributed by atoms with van der Waals surface area (Å²) in [5.74, 6) is 0. The zero-order chi connectivity index (χ0) is 13.1. The molecule has 7 heteroatoms. The van der Waals surface area contributed by atoms with E-state index < -0.39 is 0 Å². The minimum absolute atomic E-state index is 0.409. The van der Waals surface area contributed by atoms with E-state index in [4.69, 9.17) is 0 Å². The van der Waals surface area contributed by atoms with E-state index in [-0.39, 0.29) is 0 Å². The van der Waals surface area contributed by atoms with Gasteiger partial charge in [0.15, 0.2) is 6.29 Å². The molecule has 1 saturated carbocycles. The number of aromatic nitrogens is 5. The van der Waals surface area contributed by atoms with Crippen molar-refractivity contribution in [2.24, 2.45) is 0 Å². The highest BCUT2D eigenvalue weighted by atomic mass is 32.2. The molecular formula is C12H13N5OS. The minimum Gasteiger partial charge on any atom is -0.298 e. The summed E-state index contributed by atoms with van der Waals surface area (Å²) in [4.78, 5) is 14.8. The molecule has 19 heavy (non-hydrogen) atoms. The summed E-state index contributed by atoms with van der Waals surface area (Å²) in [6, 6.07) is 3.96. The van der Waals surface area contributed by atoms with E-state index in [9.17, 15) is 4.79 Å². The zero-order valence-corrected chi connectivity index (χ0v) is 11.1. The maximum absolute atomic E-state index is 10.6. The third kappa shape index (κ3) is 2.65. The van der Waals surface area contributed by atoms with Crippen LogP contribution in [0.15, 0.2) is 28.5 Å². The van der Waals surface area contributed by atoms with E-state index in [1.54, 1.807) is 12.3 Å². The van der Waals surface area contributed by atoms with Crippen LogP contribution in [0.3, 0.4) is 0 Å². The molecule has 2 aromatic heterocycles. The molecule has 0 amide bonds. The van der Waals surface area contributed by atoms with Gasteiger partial charge in [0, 0.05) is 11.8 Å². The molecule has 1 aliphatic rings. The van der Waals surface area contributed by atoms with Crippen LogP contribution in [0.4, 0.5) is 0 Å². The summed E-state index contributed by atoms with van der Waals surface area (Å²) < 4.78 is 1.90. The molecule has 2 aromatic rings. The Morgan fingerprint density at radius 2 is 2.16 bits per heavy atom. The van der Waals surface area contributed by atoms with Gasteiger partial charge in [-0.25, -0.2) is 9.67 Å². The first-order valence-electron chi connectivity index (χ1n) is 6.24. The van der Waals surface area contributed by atoms with Crippen molar-refractivity contribution in [2.45, 2.75) is 41.9 Å². The van der Waals surface area contributed by atoms with E-state index in [1.165, 1.54) is 24.6 Å². The minimum atomic E-state index is 0.409. The molecule has 3 rings (SSSR count). The van der Waals surface area contributed by atoms with Crippen LogP contribution in [0.5, 0.6) is 0 Å². The van der Waals surface area contributed by atoms with Crippen molar-refractivity contribution in [1.82, 2.24) is 25.2 Å². The van der Waals surface area contributed by atoms with Crippen molar-refractivity contribution in [1.29, 1.82) is 0 Å². The molecule has 0 atom stereocenters. The lowest BCUT2D eigenvalue weighted by Gasteiger charge is -2.10. The third-order valence-corrected chi connectivity index (χ3v) is 4.13. The Bertz CT molecular complexity index is 562. The largest absolute Gasteiger partial charge is 0.298 e. The Morgan fingerprint density at radius 1 is 1.32 bits per heavy atom. The Balaban J connectivity index is 1.78. The molecule has 0 N–H and O–H groups in total. The lowest BCUT2D eigenvalue weighted by Crippen LogP contribution is -2.08. The number of pyridine rings is 1. The van der Waals surface area contributed by atoms with Gasteiger partial charge in [0.2, 0.25) is 5.16 Å². The number of rotatable bonds is 4. The molecule has 0 bridgehead atoms. The number of tetrazole rings is 1. The van der Waals surface area contributed by atoms with Gasteiger partial charge in [-0.2, -0.15) is 0 Å². The summed E-state index contributed by atoms with van der Waals surface area (Å²) in [6.45, 7) is 0. The maximum atomic E-state index is 10.6. The predicted molar refractivity (Wildman–Crippen MR) is 69.1 cm³/mol. The first kappa shape index (κ1) is 12.3. The molecule has 6 nitrogen and oxygen atoms in total. The van der Waals surface area contributed by atoms with Crippen LogP contribution in [0.1, 0.15) is 42.1 Å².